The Labute approximate surface area is 270 Å². The fourth-order valence-electron chi connectivity index (χ4n) is 3.95. The standard InChI is InChI=1S/C35H34BrN3O4S/c1-3-4-22-43-30-18-14-28(15-19-30)37-33(40)24(2)44-31-20-16-29(17-21-31)38-35(42)32(23-25-10-12-27(36)13-11-25)39-34(41)26-8-6-5-7-9-26/h5-21,23-24H,3-4,22H2,1-2H3,(H,37,40)(H,38,42)(H,39,41)/b32-23-. The van der Waals surface area contributed by atoms with Gasteiger partial charge < -0.3 is 20.7 Å². The molecule has 44 heavy (non-hydrogen) atoms. The van der Waals surface area contributed by atoms with Crippen molar-refractivity contribution in [3.8, 4) is 5.75 Å². The first-order valence-electron chi connectivity index (χ1n) is 14.3. The first kappa shape index (κ1) is 32.6. The molecule has 0 radical (unpaired) electrons. The van der Waals surface area contributed by atoms with Crippen molar-refractivity contribution in [2.24, 2.45) is 0 Å². The number of benzene rings is 4. The van der Waals surface area contributed by atoms with E-state index in [1.165, 1.54) is 11.8 Å². The van der Waals surface area contributed by atoms with Crippen LogP contribution in [-0.4, -0.2) is 29.6 Å². The van der Waals surface area contributed by atoms with E-state index in [0.717, 1.165) is 33.5 Å². The highest BCUT2D eigenvalue weighted by molar-refractivity contribution is 9.10. The minimum atomic E-state index is -0.466. The quantitative estimate of drug-likeness (QED) is 0.0757. The summed E-state index contributed by atoms with van der Waals surface area (Å²) in [7, 11) is 0. The Kier molecular flexibility index (Phi) is 12.2. The molecule has 0 bridgehead atoms. The number of unbranched alkanes of at least 4 members (excludes halogenated alkanes) is 1. The maximum atomic E-state index is 13.3. The Morgan fingerprint density at radius 1 is 0.841 bits per heavy atom. The van der Waals surface area contributed by atoms with Crippen LogP contribution in [0.4, 0.5) is 11.4 Å². The second-order valence-corrected chi connectivity index (χ2v) is 12.2. The van der Waals surface area contributed by atoms with Gasteiger partial charge in [-0.15, -0.1) is 11.8 Å². The minimum Gasteiger partial charge on any atom is -0.494 e. The van der Waals surface area contributed by atoms with E-state index >= 15 is 0 Å². The summed E-state index contributed by atoms with van der Waals surface area (Å²) >= 11 is 4.82. The van der Waals surface area contributed by atoms with Gasteiger partial charge in [0.2, 0.25) is 5.91 Å². The van der Waals surface area contributed by atoms with Crippen molar-refractivity contribution in [2.75, 3.05) is 17.2 Å². The first-order valence-corrected chi connectivity index (χ1v) is 15.9. The smallest absolute Gasteiger partial charge is 0.272 e. The summed E-state index contributed by atoms with van der Waals surface area (Å²) in [5.41, 5.74) is 2.55. The van der Waals surface area contributed by atoms with Crippen molar-refractivity contribution < 1.29 is 19.1 Å². The van der Waals surface area contributed by atoms with Crippen molar-refractivity contribution in [3.63, 3.8) is 0 Å². The van der Waals surface area contributed by atoms with Crippen LogP contribution in [0.15, 0.2) is 118 Å². The Morgan fingerprint density at radius 3 is 2.14 bits per heavy atom. The predicted molar refractivity (Wildman–Crippen MR) is 182 cm³/mol. The Balaban J connectivity index is 1.36. The molecule has 3 N–H and O–H groups in total. The SMILES string of the molecule is CCCCOc1ccc(NC(=O)C(C)Sc2ccc(NC(=O)/C(=C/c3ccc(Br)cc3)NC(=O)c3ccccc3)cc2)cc1. The fourth-order valence-corrected chi connectivity index (χ4v) is 5.09. The maximum Gasteiger partial charge on any atom is 0.272 e. The van der Waals surface area contributed by atoms with Crippen molar-refractivity contribution in [3.05, 3.63) is 124 Å². The van der Waals surface area contributed by atoms with Gasteiger partial charge in [0.15, 0.2) is 0 Å². The highest BCUT2D eigenvalue weighted by Crippen LogP contribution is 2.26. The van der Waals surface area contributed by atoms with Gasteiger partial charge in [-0.05, 0) is 97.8 Å². The fraction of sp³-hybridized carbons (Fsp3) is 0.171. The number of thioether (sulfide) groups is 1. The maximum absolute atomic E-state index is 13.3. The summed E-state index contributed by atoms with van der Waals surface area (Å²) in [5, 5.41) is 8.18. The van der Waals surface area contributed by atoms with E-state index in [9.17, 15) is 14.4 Å². The number of carbonyl (C=O) groups excluding carboxylic acids is 3. The third-order valence-corrected chi connectivity index (χ3v) is 8.03. The molecule has 3 amide bonds. The number of ether oxygens (including phenoxy) is 1. The van der Waals surface area contributed by atoms with Crippen LogP contribution in [0.5, 0.6) is 5.75 Å². The molecular weight excluding hydrogens is 638 g/mol. The molecular formula is C35H34BrN3O4S. The van der Waals surface area contributed by atoms with Gasteiger partial charge in [-0.25, -0.2) is 0 Å². The second kappa shape index (κ2) is 16.5. The van der Waals surface area contributed by atoms with E-state index in [2.05, 4.69) is 38.8 Å². The van der Waals surface area contributed by atoms with Gasteiger partial charge >= 0.3 is 0 Å². The molecule has 0 saturated carbocycles. The van der Waals surface area contributed by atoms with Crippen molar-refractivity contribution in [2.45, 2.75) is 36.8 Å². The molecule has 0 saturated heterocycles. The number of hydrogen-bond donors (Lipinski definition) is 3. The third-order valence-electron chi connectivity index (χ3n) is 6.39. The molecule has 1 unspecified atom stereocenters. The van der Waals surface area contributed by atoms with E-state index in [1.807, 2.05) is 73.7 Å². The summed E-state index contributed by atoms with van der Waals surface area (Å²) in [5.74, 6) is -0.198. The summed E-state index contributed by atoms with van der Waals surface area (Å²) in [6.45, 7) is 4.63. The molecule has 7 nitrogen and oxygen atoms in total. The molecule has 1 atom stereocenters. The highest BCUT2D eigenvalue weighted by atomic mass is 79.9. The van der Waals surface area contributed by atoms with Gasteiger partial charge in [-0.2, -0.15) is 0 Å². The molecule has 0 heterocycles. The average Bonchev–Trinajstić information content (AvgIpc) is 3.04. The minimum absolute atomic E-state index is 0.102. The van der Waals surface area contributed by atoms with E-state index < -0.39 is 5.91 Å². The largest absolute Gasteiger partial charge is 0.494 e. The van der Waals surface area contributed by atoms with Gasteiger partial charge in [0.05, 0.1) is 11.9 Å². The van der Waals surface area contributed by atoms with Gasteiger partial charge in [-0.1, -0.05) is 59.6 Å². The molecule has 4 rings (SSSR count). The van der Waals surface area contributed by atoms with Crippen LogP contribution >= 0.6 is 27.7 Å². The van der Waals surface area contributed by atoms with Gasteiger partial charge in [0.25, 0.3) is 11.8 Å². The second-order valence-electron chi connectivity index (χ2n) is 9.88. The van der Waals surface area contributed by atoms with Crippen molar-refractivity contribution in [1.82, 2.24) is 5.32 Å². The number of amides is 3. The van der Waals surface area contributed by atoms with Crippen LogP contribution in [-0.2, 0) is 9.59 Å². The normalized spacial score (nSPS) is 11.8. The van der Waals surface area contributed by atoms with E-state index in [4.69, 9.17) is 4.74 Å². The number of anilines is 2. The molecule has 0 fully saturated rings. The lowest BCUT2D eigenvalue weighted by molar-refractivity contribution is -0.115. The van der Waals surface area contributed by atoms with Gasteiger partial charge in [0, 0.05) is 26.3 Å². The summed E-state index contributed by atoms with van der Waals surface area (Å²) < 4.78 is 6.58. The molecule has 4 aromatic rings. The van der Waals surface area contributed by atoms with Crippen molar-refractivity contribution >= 4 is 62.9 Å². The molecule has 4 aromatic carbocycles. The molecule has 0 aliphatic heterocycles. The average molecular weight is 673 g/mol. The number of hydrogen-bond acceptors (Lipinski definition) is 5. The highest BCUT2D eigenvalue weighted by Gasteiger charge is 2.17. The molecule has 0 aliphatic carbocycles. The Bertz CT molecular complexity index is 1580. The topological polar surface area (TPSA) is 96.5 Å². The summed E-state index contributed by atoms with van der Waals surface area (Å²) in [4.78, 5) is 39.8. The zero-order chi connectivity index (χ0) is 31.3. The number of nitrogens with one attached hydrogen (secondary N) is 3. The summed E-state index contributed by atoms with van der Waals surface area (Å²) in [6.07, 6.45) is 3.69. The van der Waals surface area contributed by atoms with E-state index in [1.54, 1.807) is 42.5 Å². The Morgan fingerprint density at radius 2 is 1.48 bits per heavy atom. The number of carbonyl (C=O) groups is 3. The third kappa shape index (κ3) is 10.1. The van der Waals surface area contributed by atoms with Crippen LogP contribution in [0.3, 0.4) is 0 Å². The van der Waals surface area contributed by atoms with Crippen LogP contribution in [0, 0.1) is 0 Å². The molecule has 9 heteroatoms. The van der Waals surface area contributed by atoms with Crippen LogP contribution in [0.1, 0.15) is 42.6 Å². The van der Waals surface area contributed by atoms with Crippen molar-refractivity contribution in [1.29, 1.82) is 0 Å². The monoisotopic (exact) mass is 671 g/mol. The zero-order valence-electron chi connectivity index (χ0n) is 24.5. The lowest BCUT2D eigenvalue weighted by Crippen LogP contribution is -2.30. The number of halogens is 1. The predicted octanol–water partition coefficient (Wildman–Crippen LogP) is 8.16. The Hall–Kier alpha value is -4.34. The lowest BCUT2D eigenvalue weighted by Gasteiger charge is -2.14. The zero-order valence-corrected chi connectivity index (χ0v) is 26.9. The van der Waals surface area contributed by atoms with Crippen LogP contribution in [0.2, 0.25) is 0 Å². The molecule has 0 aliphatic rings. The van der Waals surface area contributed by atoms with Gasteiger partial charge in [0.1, 0.15) is 11.4 Å². The molecule has 0 aromatic heterocycles. The van der Waals surface area contributed by atoms with Crippen LogP contribution in [0.25, 0.3) is 6.08 Å². The molecule has 226 valence electrons. The first-order chi connectivity index (χ1) is 21.3. The van der Waals surface area contributed by atoms with E-state index in [0.29, 0.717) is 23.5 Å². The van der Waals surface area contributed by atoms with Gasteiger partial charge in [-0.3, -0.25) is 14.4 Å². The summed E-state index contributed by atoms with van der Waals surface area (Å²) in [6, 6.07) is 30.7. The molecule has 0 spiro atoms. The lowest BCUT2D eigenvalue weighted by atomic mass is 10.1. The van der Waals surface area contributed by atoms with Crippen LogP contribution < -0.4 is 20.7 Å². The number of rotatable bonds is 13. The van der Waals surface area contributed by atoms with E-state index in [-0.39, 0.29) is 22.8 Å².